The zero-order valence-electron chi connectivity index (χ0n) is 7.26. The lowest BCUT2D eigenvalue weighted by atomic mass is 9.89. The number of hydrogen-bond acceptors (Lipinski definition) is 2. The van der Waals surface area contributed by atoms with E-state index in [1.165, 1.54) is 0 Å². The Morgan fingerprint density at radius 2 is 1.70 bits per heavy atom. The summed E-state index contributed by atoms with van der Waals surface area (Å²) in [6, 6.07) is 0. The zero-order chi connectivity index (χ0) is 8.36. The van der Waals surface area contributed by atoms with E-state index in [0.717, 1.165) is 6.42 Å². The van der Waals surface area contributed by atoms with Crippen molar-refractivity contribution in [1.29, 1.82) is 0 Å². The number of thiol groups is 2. The van der Waals surface area contributed by atoms with Crippen LogP contribution in [0.15, 0.2) is 0 Å². The first-order valence-electron chi connectivity index (χ1n) is 3.85. The Morgan fingerprint density at radius 3 is 1.70 bits per heavy atom. The van der Waals surface area contributed by atoms with Crippen LogP contribution in [-0.4, -0.2) is 10.00 Å². The molecule has 0 aliphatic heterocycles. The van der Waals surface area contributed by atoms with Crippen LogP contribution in [0.3, 0.4) is 0 Å². The summed E-state index contributed by atoms with van der Waals surface area (Å²) in [5.41, 5.74) is 0. The summed E-state index contributed by atoms with van der Waals surface area (Å²) in [6.07, 6.45) is 1.08. The average molecular weight is 178 g/mol. The van der Waals surface area contributed by atoms with Crippen LogP contribution in [0.2, 0.25) is 0 Å². The molecule has 0 bridgehead atoms. The van der Waals surface area contributed by atoms with E-state index in [-0.39, 0.29) is 4.75 Å². The van der Waals surface area contributed by atoms with Gasteiger partial charge in [0.1, 0.15) is 0 Å². The maximum atomic E-state index is 4.63. The summed E-state index contributed by atoms with van der Waals surface area (Å²) in [5.74, 6) is 0.591. The minimum atomic E-state index is 0.100. The van der Waals surface area contributed by atoms with Crippen molar-refractivity contribution < 1.29 is 0 Å². The highest BCUT2D eigenvalue weighted by molar-refractivity contribution is 7.85. The highest BCUT2D eigenvalue weighted by Gasteiger charge is 2.31. The van der Waals surface area contributed by atoms with Gasteiger partial charge in [-0.1, -0.05) is 27.7 Å². The molecule has 0 aromatic carbocycles. The van der Waals surface area contributed by atoms with Gasteiger partial charge in [-0.2, -0.15) is 25.3 Å². The molecule has 0 aliphatic rings. The van der Waals surface area contributed by atoms with Gasteiger partial charge in [0.2, 0.25) is 0 Å². The summed E-state index contributed by atoms with van der Waals surface area (Å²) in [7, 11) is 0. The Labute approximate surface area is 75.6 Å². The summed E-state index contributed by atoms with van der Waals surface area (Å²) in [6.45, 7) is 8.67. The van der Waals surface area contributed by atoms with Crippen molar-refractivity contribution >= 4 is 25.3 Å². The first-order chi connectivity index (χ1) is 4.45. The number of hydrogen-bond donors (Lipinski definition) is 2. The van der Waals surface area contributed by atoms with Gasteiger partial charge in [-0.25, -0.2) is 0 Å². The lowest BCUT2D eigenvalue weighted by Gasteiger charge is -2.35. The van der Waals surface area contributed by atoms with Crippen LogP contribution in [0.4, 0.5) is 0 Å². The lowest BCUT2D eigenvalue weighted by molar-refractivity contribution is 0.423. The van der Waals surface area contributed by atoms with Crippen LogP contribution in [0.1, 0.15) is 34.1 Å². The van der Waals surface area contributed by atoms with Crippen molar-refractivity contribution in [2.75, 3.05) is 0 Å². The van der Waals surface area contributed by atoms with Gasteiger partial charge in [-0.05, 0) is 12.3 Å². The molecule has 2 heteroatoms. The molecule has 0 fully saturated rings. The molecule has 0 aromatic rings. The maximum Gasteiger partial charge on any atom is 0.0263 e. The smallest absolute Gasteiger partial charge is 0.0263 e. The zero-order valence-corrected chi connectivity index (χ0v) is 9.05. The fourth-order valence-corrected chi connectivity index (χ4v) is 1.67. The summed E-state index contributed by atoms with van der Waals surface area (Å²) < 4.78 is 0.100. The molecule has 0 heterocycles. The van der Waals surface area contributed by atoms with Gasteiger partial charge < -0.3 is 0 Å². The van der Waals surface area contributed by atoms with Crippen LogP contribution >= 0.6 is 25.3 Å². The van der Waals surface area contributed by atoms with E-state index >= 15 is 0 Å². The first kappa shape index (κ1) is 10.7. The van der Waals surface area contributed by atoms with Gasteiger partial charge in [0.15, 0.2) is 0 Å². The van der Waals surface area contributed by atoms with Crippen molar-refractivity contribution in [3.05, 3.63) is 0 Å². The van der Waals surface area contributed by atoms with Crippen molar-refractivity contribution in [2.24, 2.45) is 5.92 Å². The van der Waals surface area contributed by atoms with Crippen molar-refractivity contribution in [2.45, 2.75) is 44.1 Å². The van der Waals surface area contributed by atoms with Gasteiger partial charge in [-0.3, -0.25) is 0 Å². The third-order valence-electron chi connectivity index (χ3n) is 2.29. The molecule has 0 rings (SSSR count). The Hall–Kier alpha value is 0.700. The molecule has 2 atom stereocenters. The van der Waals surface area contributed by atoms with Crippen LogP contribution in [-0.2, 0) is 0 Å². The third kappa shape index (κ3) is 2.09. The van der Waals surface area contributed by atoms with Crippen LogP contribution in [0.25, 0.3) is 0 Å². The average Bonchev–Trinajstić information content (AvgIpc) is 1.85. The summed E-state index contributed by atoms with van der Waals surface area (Å²) in [5, 5.41) is 0.362. The molecular formula is C8H18S2. The van der Waals surface area contributed by atoms with Crippen molar-refractivity contribution in [3.63, 3.8) is 0 Å². The topological polar surface area (TPSA) is 0 Å². The second kappa shape index (κ2) is 3.91. The predicted octanol–water partition coefficient (Wildman–Crippen LogP) is 3.04. The van der Waals surface area contributed by atoms with E-state index in [1.54, 1.807) is 0 Å². The fourth-order valence-electron chi connectivity index (χ4n) is 1.19. The Morgan fingerprint density at radius 1 is 1.30 bits per heavy atom. The van der Waals surface area contributed by atoms with Gasteiger partial charge in [0.25, 0.3) is 0 Å². The van der Waals surface area contributed by atoms with Crippen molar-refractivity contribution in [1.82, 2.24) is 0 Å². The molecule has 62 valence electrons. The third-order valence-corrected chi connectivity index (χ3v) is 4.17. The normalized spacial score (nSPS) is 20.7. The second-order valence-corrected chi connectivity index (χ2v) is 4.78. The van der Waals surface area contributed by atoms with Gasteiger partial charge >= 0.3 is 0 Å². The lowest BCUT2D eigenvalue weighted by Crippen LogP contribution is -2.36. The standard InChI is InChI=1S/C8H18S2/c1-5-8(10,6(2)3)7(4)9/h6-7,9-10H,5H2,1-4H3. The van der Waals surface area contributed by atoms with Crippen LogP contribution in [0.5, 0.6) is 0 Å². The van der Waals surface area contributed by atoms with E-state index in [2.05, 4.69) is 53.0 Å². The molecule has 0 saturated carbocycles. The second-order valence-electron chi connectivity index (χ2n) is 3.18. The molecular weight excluding hydrogens is 160 g/mol. The molecule has 0 aromatic heterocycles. The van der Waals surface area contributed by atoms with Gasteiger partial charge in [0.05, 0.1) is 0 Å². The van der Waals surface area contributed by atoms with Gasteiger partial charge in [0, 0.05) is 10.00 Å². The Kier molecular flexibility index (Phi) is 4.19. The highest BCUT2D eigenvalue weighted by atomic mass is 32.1. The molecule has 0 amide bonds. The largest absolute Gasteiger partial charge is 0.175 e. The monoisotopic (exact) mass is 178 g/mol. The molecule has 0 N–H and O–H groups in total. The predicted molar refractivity (Wildman–Crippen MR) is 55.3 cm³/mol. The van der Waals surface area contributed by atoms with E-state index in [1.807, 2.05) is 0 Å². The number of rotatable bonds is 3. The van der Waals surface area contributed by atoms with E-state index in [0.29, 0.717) is 11.2 Å². The first-order valence-corrected chi connectivity index (χ1v) is 4.82. The quantitative estimate of drug-likeness (QED) is 0.610. The van der Waals surface area contributed by atoms with Gasteiger partial charge in [-0.15, -0.1) is 0 Å². The Bertz CT molecular complexity index is 89.4. The molecule has 10 heavy (non-hydrogen) atoms. The minimum absolute atomic E-state index is 0.100. The molecule has 0 nitrogen and oxygen atoms in total. The fraction of sp³-hybridized carbons (Fsp3) is 1.00. The molecule has 2 unspecified atom stereocenters. The van der Waals surface area contributed by atoms with E-state index in [9.17, 15) is 0 Å². The highest BCUT2D eigenvalue weighted by Crippen LogP contribution is 2.34. The van der Waals surface area contributed by atoms with E-state index < -0.39 is 0 Å². The molecule has 0 radical (unpaired) electrons. The molecule has 0 spiro atoms. The minimum Gasteiger partial charge on any atom is -0.175 e. The summed E-state index contributed by atoms with van der Waals surface area (Å²) >= 11 is 9.05. The van der Waals surface area contributed by atoms with Crippen LogP contribution < -0.4 is 0 Å². The molecule has 0 aliphatic carbocycles. The van der Waals surface area contributed by atoms with Crippen molar-refractivity contribution in [3.8, 4) is 0 Å². The maximum absolute atomic E-state index is 4.63. The SMILES string of the molecule is CCC(S)(C(C)C)C(C)S. The van der Waals surface area contributed by atoms with E-state index in [4.69, 9.17) is 0 Å². The molecule has 0 saturated heterocycles. The summed E-state index contributed by atoms with van der Waals surface area (Å²) in [4.78, 5) is 0. The van der Waals surface area contributed by atoms with Crippen LogP contribution in [0, 0.1) is 5.92 Å². The Balaban J connectivity index is 4.23.